The zero-order valence-corrected chi connectivity index (χ0v) is 16.1. The number of nitrogens with zero attached hydrogens (tertiary/aromatic N) is 3. The number of carbonyl (C=O) groups excluding carboxylic acids is 1. The molecule has 2 aromatic heterocycles. The second-order valence-electron chi connectivity index (χ2n) is 6.06. The summed E-state index contributed by atoms with van der Waals surface area (Å²) in [5.74, 6) is 1.45. The van der Waals surface area contributed by atoms with Gasteiger partial charge in [0, 0.05) is 12.7 Å². The van der Waals surface area contributed by atoms with Crippen LogP contribution in [0.1, 0.15) is 25.2 Å². The molecule has 0 saturated heterocycles. The first kappa shape index (κ1) is 18.3. The summed E-state index contributed by atoms with van der Waals surface area (Å²) in [4.78, 5) is 12.5. The fourth-order valence-corrected chi connectivity index (χ4v) is 3.36. The molecule has 0 saturated carbocycles. The molecular weight excluding hydrogens is 348 g/mol. The first-order valence-electron chi connectivity index (χ1n) is 8.50. The maximum absolute atomic E-state index is 12.5. The molecule has 2 heterocycles. The van der Waals surface area contributed by atoms with Crippen LogP contribution < -0.4 is 5.32 Å². The van der Waals surface area contributed by atoms with Crippen LogP contribution in [0.3, 0.4) is 0 Å². The summed E-state index contributed by atoms with van der Waals surface area (Å²) in [6, 6.07) is 9.77. The molecule has 0 bridgehead atoms. The average molecular weight is 370 g/mol. The molecule has 136 valence electrons. The molecule has 3 aromatic rings. The molecule has 0 aliphatic carbocycles. The van der Waals surface area contributed by atoms with Gasteiger partial charge in [-0.15, -0.1) is 10.2 Å². The highest BCUT2D eigenvalue weighted by molar-refractivity contribution is 8.00. The Kier molecular flexibility index (Phi) is 5.46. The Morgan fingerprint density at radius 3 is 2.62 bits per heavy atom. The number of hydrogen-bond donors (Lipinski definition) is 1. The average Bonchev–Trinajstić information content (AvgIpc) is 3.21. The smallest absolute Gasteiger partial charge is 0.237 e. The fourth-order valence-electron chi connectivity index (χ4n) is 2.55. The number of aromatic nitrogens is 3. The Balaban J connectivity index is 1.67. The number of hydrogen-bond acceptors (Lipinski definition) is 5. The van der Waals surface area contributed by atoms with Crippen molar-refractivity contribution in [2.75, 3.05) is 5.32 Å². The lowest BCUT2D eigenvalue weighted by Gasteiger charge is -2.12. The van der Waals surface area contributed by atoms with Crippen molar-refractivity contribution in [3.05, 3.63) is 47.9 Å². The number of aryl methyl sites for hydroxylation is 2. The van der Waals surface area contributed by atoms with E-state index in [2.05, 4.69) is 22.4 Å². The highest BCUT2D eigenvalue weighted by Gasteiger charge is 2.20. The number of benzene rings is 1. The monoisotopic (exact) mass is 370 g/mol. The van der Waals surface area contributed by atoms with E-state index in [9.17, 15) is 4.79 Å². The molecule has 0 radical (unpaired) electrons. The number of anilines is 1. The minimum Gasteiger partial charge on any atom is -0.469 e. The van der Waals surface area contributed by atoms with Crippen molar-refractivity contribution >= 4 is 23.4 Å². The van der Waals surface area contributed by atoms with Crippen molar-refractivity contribution in [3.8, 4) is 11.4 Å². The molecule has 0 spiro atoms. The van der Waals surface area contributed by atoms with Crippen LogP contribution in [0.4, 0.5) is 5.69 Å². The second kappa shape index (κ2) is 7.78. The molecule has 7 heteroatoms. The Labute approximate surface area is 157 Å². The molecule has 1 N–H and O–H groups in total. The van der Waals surface area contributed by atoms with Crippen molar-refractivity contribution in [3.63, 3.8) is 0 Å². The van der Waals surface area contributed by atoms with Gasteiger partial charge in [0.15, 0.2) is 11.0 Å². The van der Waals surface area contributed by atoms with Crippen molar-refractivity contribution in [2.24, 2.45) is 7.05 Å². The number of carbonyl (C=O) groups is 1. The van der Waals surface area contributed by atoms with Gasteiger partial charge in [0.1, 0.15) is 5.76 Å². The first-order chi connectivity index (χ1) is 12.5. The first-order valence-corrected chi connectivity index (χ1v) is 9.38. The zero-order chi connectivity index (χ0) is 18.7. The third-order valence-corrected chi connectivity index (χ3v) is 5.35. The number of rotatable bonds is 6. The Hall–Kier alpha value is -2.54. The van der Waals surface area contributed by atoms with E-state index in [1.807, 2.05) is 55.8 Å². The largest absolute Gasteiger partial charge is 0.469 e. The molecule has 1 atom stereocenters. The van der Waals surface area contributed by atoms with Gasteiger partial charge < -0.3 is 14.3 Å². The highest BCUT2D eigenvalue weighted by atomic mass is 32.2. The summed E-state index contributed by atoms with van der Waals surface area (Å²) >= 11 is 1.38. The molecule has 0 aliphatic heterocycles. The van der Waals surface area contributed by atoms with Gasteiger partial charge in [0.05, 0.1) is 17.1 Å². The molecule has 0 fully saturated rings. The standard InChI is InChI=1S/C19H22N4O2S/c1-5-14-6-8-15(9-7-14)20-18(24)13(3)26-19-22-21-17(23(19)4)16-10-11-25-12(16)2/h6-11,13H,5H2,1-4H3,(H,20,24)/t13-/m0/s1. The van der Waals surface area contributed by atoms with Crippen LogP contribution in [0.2, 0.25) is 0 Å². The maximum Gasteiger partial charge on any atom is 0.237 e. The summed E-state index contributed by atoms with van der Waals surface area (Å²) in [6.45, 7) is 5.85. The van der Waals surface area contributed by atoms with Crippen molar-refractivity contribution in [1.82, 2.24) is 14.8 Å². The highest BCUT2D eigenvalue weighted by Crippen LogP contribution is 2.28. The Morgan fingerprint density at radius 1 is 1.27 bits per heavy atom. The van der Waals surface area contributed by atoms with E-state index in [1.54, 1.807) is 6.26 Å². The van der Waals surface area contributed by atoms with Gasteiger partial charge in [0.2, 0.25) is 5.91 Å². The summed E-state index contributed by atoms with van der Waals surface area (Å²) in [5, 5.41) is 11.8. The van der Waals surface area contributed by atoms with Gasteiger partial charge in [-0.3, -0.25) is 4.79 Å². The normalized spacial score (nSPS) is 12.2. The van der Waals surface area contributed by atoms with Crippen LogP contribution in [0.15, 0.2) is 46.2 Å². The van der Waals surface area contributed by atoms with Gasteiger partial charge in [-0.05, 0) is 44.0 Å². The van der Waals surface area contributed by atoms with Crippen LogP contribution in [-0.4, -0.2) is 25.9 Å². The second-order valence-corrected chi connectivity index (χ2v) is 7.36. The Morgan fingerprint density at radius 2 is 2.00 bits per heavy atom. The van der Waals surface area contributed by atoms with E-state index >= 15 is 0 Å². The molecular formula is C19H22N4O2S. The molecule has 1 amide bonds. The predicted octanol–water partition coefficient (Wildman–Crippen LogP) is 4.07. The van der Waals surface area contributed by atoms with E-state index in [1.165, 1.54) is 17.3 Å². The van der Waals surface area contributed by atoms with Gasteiger partial charge in [-0.25, -0.2) is 0 Å². The van der Waals surface area contributed by atoms with Gasteiger partial charge in [-0.2, -0.15) is 0 Å². The predicted molar refractivity (Wildman–Crippen MR) is 103 cm³/mol. The van der Waals surface area contributed by atoms with Crippen molar-refractivity contribution < 1.29 is 9.21 Å². The van der Waals surface area contributed by atoms with Crippen LogP contribution in [0.25, 0.3) is 11.4 Å². The van der Waals surface area contributed by atoms with Crippen molar-refractivity contribution in [1.29, 1.82) is 0 Å². The molecule has 0 aliphatic rings. The van der Waals surface area contributed by atoms with E-state index in [4.69, 9.17) is 4.42 Å². The van der Waals surface area contributed by atoms with Crippen LogP contribution in [-0.2, 0) is 18.3 Å². The maximum atomic E-state index is 12.5. The number of amides is 1. The number of thioether (sulfide) groups is 1. The Bertz CT molecular complexity index is 899. The number of nitrogens with one attached hydrogen (secondary N) is 1. The molecule has 3 rings (SSSR count). The third-order valence-electron chi connectivity index (χ3n) is 4.22. The van der Waals surface area contributed by atoms with Gasteiger partial charge in [-0.1, -0.05) is 30.8 Å². The molecule has 0 unspecified atom stereocenters. The molecule has 26 heavy (non-hydrogen) atoms. The lowest BCUT2D eigenvalue weighted by molar-refractivity contribution is -0.115. The summed E-state index contributed by atoms with van der Waals surface area (Å²) in [7, 11) is 1.89. The summed E-state index contributed by atoms with van der Waals surface area (Å²) in [5.41, 5.74) is 2.94. The minimum atomic E-state index is -0.304. The van der Waals surface area contributed by atoms with Gasteiger partial charge >= 0.3 is 0 Å². The van der Waals surface area contributed by atoms with E-state index in [-0.39, 0.29) is 11.2 Å². The van der Waals surface area contributed by atoms with E-state index in [0.717, 1.165) is 29.3 Å². The lowest BCUT2D eigenvalue weighted by atomic mass is 10.1. The fraction of sp³-hybridized carbons (Fsp3) is 0.316. The topological polar surface area (TPSA) is 73.0 Å². The summed E-state index contributed by atoms with van der Waals surface area (Å²) in [6.07, 6.45) is 2.61. The quantitative estimate of drug-likeness (QED) is 0.662. The number of furan rings is 1. The van der Waals surface area contributed by atoms with E-state index in [0.29, 0.717) is 5.16 Å². The summed E-state index contributed by atoms with van der Waals surface area (Å²) < 4.78 is 7.21. The minimum absolute atomic E-state index is 0.0664. The van der Waals surface area contributed by atoms with Crippen LogP contribution in [0, 0.1) is 6.92 Å². The van der Waals surface area contributed by atoms with E-state index < -0.39 is 0 Å². The van der Waals surface area contributed by atoms with Crippen LogP contribution in [0.5, 0.6) is 0 Å². The van der Waals surface area contributed by atoms with Crippen LogP contribution >= 0.6 is 11.8 Å². The van der Waals surface area contributed by atoms with Gasteiger partial charge in [0.25, 0.3) is 0 Å². The molecule has 6 nitrogen and oxygen atoms in total. The molecule has 1 aromatic carbocycles. The van der Waals surface area contributed by atoms with Crippen molar-refractivity contribution in [2.45, 2.75) is 37.6 Å². The lowest BCUT2D eigenvalue weighted by Crippen LogP contribution is -2.22. The third kappa shape index (κ3) is 3.83. The zero-order valence-electron chi connectivity index (χ0n) is 15.3. The SMILES string of the molecule is CCc1ccc(NC(=O)[C@H](C)Sc2nnc(-c3ccoc3C)n2C)cc1.